The lowest BCUT2D eigenvalue weighted by Gasteiger charge is -2.37. The van der Waals surface area contributed by atoms with Crippen molar-refractivity contribution in [3.05, 3.63) is 53.7 Å². The Morgan fingerprint density at radius 3 is 2.41 bits per heavy atom. The number of benzene rings is 1. The minimum Gasteiger partial charge on any atom is -0.459 e. The summed E-state index contributed by atoms with van der Waals surface area (Å²) >= 11 is 0. The van der Waals surface area contributed by atoms with E-state index in [1.165, 1.54) is 6.26 Å². The molecule has 2 amide bonds. The number of furan rings is 1. The molecule has 0 bridgehead atoms. The van der Waals surface area contributed by atoms with Gasteiger partial charge in [-0.25, -0.2) is 13.2 Å². The van der Waals surface area contributed by atoms with Crippen molar-refractivity contribution in [2.24, 2.45) is 0 Å². The van der Waals surface area contributed by atoms with Gasteiger partial charge in [-0.05, 0) is 31.2 Å². The third kappa shape index (κ3) is 3.97. The maximum atomic E-state index is 13.7. The van der Waals surface area contributed by atoms with E-state index in [1.807, 2.05) is 4.90 Å². The van der Waals surface area contributed by atoms with Gasteiger partial charge >= 0.3 is 0 Å². The maximum absolute atomic E-state index is 13.7. The van der Waals surface area contributed by atoms with Gasteiger partial charge in [-0.15, -0.1) is 0 Å². The quantitative estimate of drug-likeness (QED) is 0.827. The van der Waals surface area contributed by atoms with Crippen LogP contribution in [0.1, 0.15) is 17.5 Å². The number of amides is 2. The smallest absolute Gasteiger partial charge is 0.289 e. The van der Waals surface area contributed by atoms with E-state index < -0.39 is 35.1 Å². The summed E-state index contributed by atoms with van der Waals surface area (Å²) in [5.41, 5.74) is -0.419. The minimum atomic E-state index is -1.63. The maximum Gasteiger partial charge on any atom is 0.289 e. The highest BCUT2D eigenvalue weighted by atomic mass is 19.2. The summed E-state index contributed by atoms with van der Waals surface area (Å²) in [6.07, 6.45) is 1.42. The Bertz CT molecular complexity index is 834. The molecule has 1 fully saturated rings. The predicted molar refractivity (Wildman–Crippen MR) is 90.6 cm³/mol. The van der Waals surface area contributed by atoms with Gasteiger partial charge in [0, 0.05) is 26.2 Å². The average Bonchev–Trinajstić information content (AvgIpc) is 3.22. The normalized spacial score (nSPS) is 16.2. The van der Waals surface area contributed by atoms with E-state index in [-0.39, 0.29) is 11.7 Å². The molecule has 0 spiro atoms. The Balaban J connectivity index is 1.57. The fraction of sp³-hybridized carbons (Fsp3) is 0.333. The second kappa shape index (κ2) is 7.83. The Labute approximate surface area is 153 Å². The predicted octanol–water partition coefficient (Wildman–Crippen LogP) is 2.48. The zero-order valence-electron chi connectivity index (χ0n) is 14.5. The number of halogens is 3. The van der Waals surface area contributed by atoms with Crippen molar-refractivity contribution in [1.29, 1.82) is 0 Å². The number of nitrogens with one attached hydrogen (secondary N) is 1. The van der Waals surface area contributed by atoms with E-state index in [0.29, 0.717) is 26.2 Å². The summed E-state index contributed by atoms with van der Waals surface area (Å²) in [6, 6.07) is 4.29. The number of carbonyl (C=O) groups excluding carboxylic acids is 2. The molecule has 1 aromatic heterocycles. The molecular formula is C18H18F3N3O3. The Morgan fingerprint density at radius 1 is 1.07 bits per heavy atom. The third-order valence-electron chi connectivity index (χ3n) is 4.55. The van der Waals surface area contributed by atoms with Crippen LogP contribution in [0, 0.1) is 17.5 Å². The monoisotopic (exact) mass is 381 g/mol. The van der Waals surface area contributed by atoms with Crippen LogP contribution in [0.3, 0.4) is 0 Å². The average molecular weight is 381 g/mol. The van der Waals surface area contributed by atoms with E-state index >= 15 is 0 Å². The molecule has 1 aromatic carbocycles. The molecular weight excluding hydrogens is 363 g/mol. The molecule has 3 rings (SSSR count). The topological polar surface area (TPSA) is 65.8 Å². The van der Waals surface area contributed by atoms with E-state index in [9.17, 15) is 22.8 Å². The number of hydrogen-bond acceptors (Lipinski definition) is 4. The highest BCUT2D eigenvalue weighted by molar-refractivity contribution is 5.95. The Hall–Kier alpha value is -2.81. The molecule has 2 aromatic rings. The van der Waals surface area contributed by atoms with Gasteiger partial charge in [0.1, 0.15) is 0 Å². The minimum absolute atomic E-state index is 0.222. The van der Waals surface area contributed by atoms with E-state index in [4.69, 9.17) is 4.42 Å². The molecule has 27 heavy (non-hydrogen) atoms. The summed E-state index contributed by atoms with van der Waals surface area (Å²) in [6.45, 7) is 3.28. The number of hydrogen-bond donors (Lipinski definition) is 1. The van der Waals surface area contributed by atoms with Crippen LogP contribution in [-0.4, -0.2) is 53.8 Å². The van der Waals surface area contributed by atoms with Crippen molar-refractivity contribution in [2.45, 2.75) is 13.0 Å². The molecule has 0 radical (unpaired) electrons. The Morgan fingerprint density at radius 2 is 1.78 bits per heavy atom. The summed E-state index contributed by atoms with van der Waals surface area (Å²) in [4.78, 5) is 28.0. The summed E-state index contributed by atoms with van der Waals surface area (Å²) < 4.78 is 45.1. The van der Waals surface area contributed by atoms with Crippen LogP contribution in [0.2, 0.25) is 0 Å². The lowest BCUT2D eigenvalue weighted by molar-refractivity contribution is -0.121. The van der Waals surface area contributed by atoms with Gasteiger partial charge in [-0.3, -0.25) is 14.5 Å². The summed E-state index contributed by atoms with van der Waals surface area (Å²) in [7, 11) is 0. The zero-order chi connectivity index (χ0) is 19.6. The van der Waals surface area contributed by atoms with Crippen molar-refractivity contribution < 1.29 is 27.2 Å². The number of nitrogens with zero attached hydrogens (tertiary/aromatic N) is 2. The number of carbonyl (C=O) groups is 2. The van der Waals surface area contributed by atoms with Crippen LogP contribution in [0.5, 0.6) is 0 Å². The highest BCUT2D eigenvalue weighted by Crippen LogP contribution is 2.20. The molecule has 1 atom stereocenters. The fourth-order valence-electron chi connectivity index (χ4n) is 2.89. The molecule has 0 aliphatic carbocycles. The fourth-order valence-corrected chi connectivity index (χ4v) is 2.89. The Kier molecular flexibility index (Phi) is 5.50. The highest BCUT2D eigenvalue weighted by Gasteiger charge is 2.29. The molecule has 1 aliphatic heterocycles. The van der Waals surface area contributed by atoms with Crippen molar-refractivity contribution in [2.75, 3.05) is 31.5 Å². The molecule has 1 N–H and O–H groups in total. The van der Waals surface area contributed by atoms with Crippen LogP contribution < -0.4 is 5.32 Å². The van der Waals surface area contributed by atoms with E-state index in [1.54, 1.807) is 24.0 Å². The van der Waals surface area contributed by atoms with Crippen molar-refractivity contribution in [1.82, 2.24) is 9.80 Å². The SMILES string of the molecule is C[C@@H](C(=O)Nc1ccc(F)c(F)c1F)N1CCN(C(=O)c2ccco2)CC1. The van der Waals surface area contributed by atoms with Crippen molar-refractivity contribution in [3.8, 4) is 0 Å². The first-order chi connectivity index (χ1) is 12.9. The van der Waals surface area contributed by atoms with Crippen LogP contribution in [-0.2, 0) is 4.79 Å². The van der Waals surface area contributed by atoms with Crippen molar-refractivity contribution >= 4 is 17.5 Å². The van der Waals surface area contributed by atoms with Crippen LogP contribution >= 0.6 is 0 Å². The van der Waals surface area contributed by atoms with Gasteiger partial charge < -0.3 is 14.6 Å². The molecule has 1 aliphatic rings. The molecule has 6 nitrogen and oxygen atoms in total. The standard InChI is InChI=1S/C18H18F3N3O3/c1-11(17(25)22-13-5-4-12(19)15(20)16(13)21)23-6-8-24(9-7-23)18(26)14-3-2-10-27-14/h2-5,10-11H,6-9H2,1H3,(H,22,25)/t11-/m0/s1. The largest absolute Gasteiger partial charge is 0.459 e. The molecule has 2 heterocycles. The van der Waals surface area contributed by atoms with Crippen LogP contribution in [0.25, 0.3) is 0 Å². The third-order valence-corrected chi connectivity index (χ3v) is 4.55. The molecule has 0 saturated carbocycles. The number of anilines is 1. The zero-order valence-corrected chi connectivity index (χ0v) is 14.5. The van der Waals surface area contributed by atoms with E-state index in [0.717, 1.165) is 12.1 Å². The van der Waals surface area contributed by atoms with Crippen LogP contribution in [0.4, 0.5) is 18.9 Å². The van der Waals surface area contributed by atoms with Gasteiger partial charge in [0.15, 0.2) is 23.2 Å². The second-order valence-corrected chi connectivity index (χ2v) is 6.19. The van der Waals surface area contributed by atoms with Crippen LogP contribution in [0.15, 0.2) is 34.9 Å². The van der Waals surface area contributed by atoms with Gasteiger partial charge in [-0.2, -0.15) is 0 Å². The molecule has 0 unspecified atom stereocenters. The first-order valence-electron chi connectivity index (χ1n) is 8.39. The number of piperazine rings is 1. The lowest BCUT2D eigenvalue weighted by atomic mass is 10.2. The lowest BCUT2D eigenvalue weighted by Crippen LogP contribution is -2.54. The molecule has 144 valence electrons. The molecule has 9 heteroatoms. The van der Waals surface area contributed by atoms with Gasteiger partial charge in [0.05, 0.1) is 18.0 Å². The first kappa shape index (κ1) is 19.0. The first-order valence-corrected chi connectivity index (χ1v) is 8.39. The van der Waals surface area contributed by atoms with E-state index in [2.05, 4.69) is 5.32 Å². The van der Waals surface area contributed by atoms with Gasteiger partial charge in [0.2, 0.25) is 5.91 Å². The summed E-state index contributed by atoms with van der Waals surface area (Å²) in [5, 5.41) is 2.27. The second-order valence-electron chi connectivity index (χ2n) is 6.19. The van der Waals surface area contributed by atoms with Crippen molar-refractivity contribution in [3.63, 3.8) is 0 Å². The van der Waals surface area contributed by atoms with Gasteiger partial charge in [-0.1, -0.05) is 0 Å². The summed E-state index contributed by atoms with van der Waals surface area (Å²) in [5.74, 6) is -4.92. The number of rotatable bonds is 4. The van der Waals surface area contributed by atoms with Gasteiger partial charge in [0.25, 0.3) is 5.91 Å². The molecule has 1 saturated heterocycles.